The fourth-order valence-electron chi connectivity index (χ4n) is 3.26. The Morgan fingerprint density at radius 1 is 1.15 bits per heavy atom. The van der Waals surface area contributed by atoms with E-state index in [9.17, 15) is 4.79 Å². The number of thiophene rings is 1. The van der Waals surface area contributed by atoms with E-state index >= 15 is 0 Å². The molecule has 26 heavy (non-hydrogen) atoms. The third kappa shape index (κ3) is 5.54. The molecule has 0 spiro atoms. The molecule has 0 radical (unpaired) electrons. The van der Waals surface area contributed by atoms with Crippen molar-refractivity contribution in [2.75, 3.05) is 12.3 Å². The minimum atomic E-state index is 0.0537. The van der Waals surface area contributed by atoms with E-state index in [4.69, 9.17) is 5.26 Å². The lowest BCUT2D eigenvalue weighted by atomic mass is 9.80. The molecule has 0 unspecified atom stereocenters. The Balaban J connectivity index is 1.53. The van der Waals surface area contributed by atoms with E-state index in [2.05, 4.69) is 46.4 Å². The Labute approximate surface area is 167 Å². The number of nitrogens with zero attached hydrogens (tertiary/aromatic N) is 1. The first-order valence-corrected chi connectivity index (χ1v) is 11.6. The van der Waals surface area contributed by atoms with Crippen LogP contribution in [0.4, 0.5) is 0 Å². The van der Waals surface area contributed by atoms with E-state index in [-0.39, 0.29) is 18.4 Å². The molecule has 1 aliphatic carbocycles. The van der Waals surface area contributed by atoms with Crippen molar-refractivity contribution in [1.82, 2.24) is 5.32 Å². The number of thioether (sulfide) groups is 1. The largest absolute Gasteiger partial charge is 0.343 e. The number of nitriles is 1. The lowest BCUT2D eigenvalue weighted by molar-refractivity contribution is -0.127. The van der Waals surface area contributed by atoms with Gasteiger partial charge in [0.15, 0.2) is 0 Å². The molecule has 1 aliphatic rings. The summed E-state index contributed by atoms with van der Waals surface area (Å²) in [6.07, 6.45) is 4.35. The predicted molar refractivity (Wildman–Crippen MR) is 110 cm³/mol. The summed E-state index contributed by atoms with van der Waals surface area (Å²) in [5.74, 6) is 1.46. The second-order valence-corrected chi connectivity index (χ2v) is 9.39. The zero-order valence-electron chi connectivity index (χ0n) is 14.5. The average molecular weight is 403 g/mol. The molecule has 3 nitrogen and oxygen atoms in total. The lowest BCUT2D eigenvalue weighted by Gasteiger charge is -2.30. The Morgan fingerprint density at radius 2 is 1.92 bits per heavy atom. The minimum absolute atomic E-state index is 0.0537. The zero-order valence-corrected chi connectivity index (χ0v) is 17.0. The molecule has 1 aromatic heterocycles. The first kappa shape index (κ1) is 19.3. The third-order valence-electron chi connectivity index (χ3n) is 4.61. The summed E-state index contributed by atoms with van der Waals surface area (Å²) in [6.45, 7) is 0.110. The van der Waals surface area contributed by atoms with Gasteiger partial charge in [-0.1, -0.05) is 24.6 Å². The summed E-state index contributed by atoms with van der Waals surface area (Å²) in [5.41, 5.74) is 0. The fraction of sp³-hybridized carbons (Fsp3) is 0.400. The number of amides is 1. The zero-order chi connectivity index (χ0) is 18.2. The van der Waals surface area contributed by atoms with Crippen LogP contribution < -0.4 is 5.32 Å². The van der Waals surface area contributed by atoms with E-state index < -0.39 is 0 Å². The SMILES string of the molecule is N#CCNC(=O)[C@@H]1CCCC[C@H]1CSc1ccc(Sc2ccsc2)cc1. The maximum atomic E-state index is 12.3. The van der Waals surface area contributed by atoms with Crippen molar-refractivity contribution in [3.8, 4) is 6.07 Å². The van der Waals surface area contributed by atoms with Crippen LogP contribution in [0, 0.1) is 23.2 Å². The van der Waals surface area contributed by atoms with Crippen molar-refractivity contribution in [2.45, 2.75) is 40.4 Å². The van der Waals surface area contributed by atoms with Crippen LogP contribution in [0.1, 0.15) is 25.7 Å². The van der Waals surface area contributed by atoms with Crippen molar-refractivity contribution in [1.29, 1.82) is 5.26 Å². The van der Waals surface area contributed by atoms with Crippen LogP contribution >= 0.6 is 34.9 Å². The Hall–Kier alpha value is -1.42. The van der Waals surface area contributed by atoms with Gasteiger partial charge < -0.3 is 5.32 Å². The second-order valence-electron chi connectivity index (χ2n) is 6.37. The highest BCUT2D eigenvalue weighted by atomic mass is 32.2. The summed E-state index contributed by atoms with van der Waals surface area (Å²) in [7, 11) is 0. The number of rotatable bonds is 7. The quantitative estimate of drug-likeness (QED) is 0.495. The van der Waals surface area contributed by atoms with Gasteiger partial charge in [0.05, 0.1) is 6.07 Å². The molecular formula is C20H22N2OS3. The lowest BCUT2D eigenvalue weighted by Crippen LogP contribution is -2.37. The van der Waals surface area contributed by atoms with Gasteiger partial charge in [0, 0.05) is 31.7 Å². The van der Waals surface area contributed by atoms with Gasteiger partial charge in [-0.3, -0.25) is 4.79 Å². The standard InChI is InChI=1S/C20H22N2OS3/c21-10-11-22-20(23)19-4-2-1-3-15(19)13-25-16-5-7-17(8-6-16)26-18-9-12-24-14-18/h5-9,12,14-15,19H,1-4,11,13H2,(H,22,23)/t15-,19+/m0/s1. The molecule has 2 aromatic rings. The molecule has 3 rings (SSSR count). The number of carbonyl (C=O) groups is 1. The topological polar surface area (TPSA) is 52.9 Å². The van der Waals surface area contributed by atoms with Gasteiger partial charge in [0.25, 0.3) is 0 Å². The molecular weight excluding hydrogens is 380 g/mol. The maximum Gasteiger partial charge on any atom is 0.224 e. The minimum Gasteiger partial charge on any atom is -0.343 e. The van der Waals surface area contributed by atoms with Crippen LogP contribution in [-0.2, 0) is 4.79 Å². The molecule has 1 heterocycles. The molecule has 0 bridgehead atoms. The van der Waals surface area contributed by atoms with Crippen LogP contribution in [0.25, 0.3) is 0 Å². The van der Waals surface area contributed by atoms with Crippen molar-refractivity contribution >= 4 is 40.8 Å². The summed E-state index contributed by atoms with van der Waals surface area (Å²) < 4.78 is 0. The summed E-state index contributed by atoms with van der Waals surface area (Å²) in [6, 6.07) is 12.8. The van der Waals surface area contributed by atoms with Gasteiger partial charge in [-0.15, -0.1) is 11.8 Å². The van der Waals surface area contributed by atoms with Crippen LogP contribution in [-0.4, -0.2) is 18.2 Å². The number of hydrogen-bond donors (Lipinski definition) is 1. The first-order valence-electron chi connectivity index (χ1n) is 8.84. The molecule has 1 amide bonds. The maximum absolute atomic E-state index is 12.3. The number of benzene rings is 1. The van der Waals surface area contributed by atoms with Crippen molar-refractivity contribution in [3.63, 3.8) is 0 Å². The first-order chi connectivity index (χ1) is 12.8. The van der Waals surface area contributed by atoms with E-state index in [0.29, 0.717) is 5.92 Å². The highest BCUT2D eigenvalue weighted by Gasteiger charge is 2.30. The van der Waals surface area contributed by atoms with E-state index in [1.54, 1.807) is 23.1 Å². The second kappa shape index (κ2) is 10.1. The van der Waals surface area contributed by atoms with Crippen molar-refractivity contribution in [2.24, 2.45) is 11.8 Å². The summed E-state index contributed by atoms with van der Waals surface area (Å²) in [5, 5.41) is 15.7. The molecule has 2 atom stereocenters. The average Bonchev–Trinajstić information content (AvgIpc) is 3.19. The molecule has 1 fully saturated rings. The molecule has 6 heteroatoms. The fourth-order valence-corrected chi connectivity index (χ4v) is 6.04. The molecule has 0 aliphatic heterocycles. The highest BCUT2D eigenvalue weighted by molar-refractivity contribution is 7.99. The Morgan fingerprint density at radius 3 is 2.65 bits per heavy atom. The van der Waals surface area contributed by atoms with Gasteiger partial charge in [0.1, 0.15) is 6.54 Å². The van der Waals surface area contributed by atoms with Crippen LogP contribution in [0.2, 0.25) is 0 Å². The summed E-state index contributed by atoms with van der Waals surface area (Å²) >= 11 is 5.34. The molecule has 0 saturated heterocycles. The normalized spacial score (nSPS) is 19.7. The highest BCUT2D eigenvalue weighted by Crippen LogP contribution is 2.36. The van der Waals surface area contributed by atoms with Gasteiger partial charge in [0.2, 0.25) is 5.91 Å². The van der Waals surface area contributed by atoms with Gasteiger partial charge in [-0.2, -0.15) is 16.6 Å². The molecule has 1 saturated carbocycles. The van der Waals surface area contributed by atoms with Gasteiger partial charge in [-0.25, -0.2) is 0 Å². The summed E-state index contributed by atoms with van der Waals surface area (Å²) in [4.78, 5) is 16.1. The van der Waals surface area contributed by atoms with Crippen LogP contribution in [0.15, 0.2) is 55.8 Å². The van der Waals surface area contributed by atoms with Gasteiger partial charge >= 0.3 is 0 Å². The predicted octanol–water partition coefficient (Wildman–Crippen LogP) is 5.44. The van der Waals surface area contributed by atoms with E-state index in [1.807, 2.05) is 17.8 Å². The number of nitrogens with one attached hydrogen (secondary N) is 1. The Kier molecular flexibility index (Phi) is 7.48. The van der Waals surface area contributed by atoms with E-state index in [0.717, 1.165) is 25.0 Å². The molecule has 1 N–H and O–H groups in total. The van der Waals surface area contributed by atoms with Crippen LogP contribution in [0.5, 0.6) is 0 Å². The van der Waals surface area contributed by atoms with Crippen LogP contribution in [0.3, 0.4) is 0 Å². The van der Waals surface area contributed by atoms with Gasteiger partial charge in [-0.05, 0) is 54.5 Å². The molecule has 136 valence electrons. The number of hydrogen-bond acceptors (Lipinski definition) is 5. The smallest absolute Gasteiger partial charge is 0.224 e. The third-order valence-corrected chi connectivity index (χ3v) is 7.64. The van der Waals surface area contributed by atoms with Crippen molar-refractivity contribution < 1.29 is 4.79 Å². The monoisotopic (exact) mass is 402 g/mol. The van der Waals surface area contributed by atoms with Crippen molar-refractivity contribution in [3.05, 3.63) is 41.1 Å². The van der Waals surface area contributed by atoms with E-state index in [1.165, 1.54) is 21.1 Å². The number of carbonyl (C=O) groups excluding carboxylic acids is 1. The molecule has 1 aromatic carbocycles. The Bertz CT molecular complexity index is 737.